The number of aromatic nitrogens is 1. The number of rotatable bonds is 11. The molecule has 0 atom stereocenters. The van der Waals surface area contributed by atoms with Crippen LogP contribution < -0.4 is 4.90 Å². The van der Waals surface area contributed by atoms with Crippen molar-refractivity contribution in [1.82, 2.24) is 4.98 Å². The third kappa shape index (κ3) is 6.89. The molecular formula is C17H24N2O5. The molecule has 0 aliphatic heterocycles. The molecule has 0 saturated carbocycles. The van der Waals surface area contributed by atoms with Crippen molar-refractivity contribution in [3.05, 3.63) is 30.0 Å². The van der Waals surface area contributed by atoms with Crippen LogP contribution in [0.4, 0.5) is 5.82 Å². The second kappa shape index (κ2) is 11.3. The molecule has 0 amide bonds. The molecule has 0 aromatic carbocycles. The van der Waals surface area contributed by atoms with Gasteiger partial charge in [-0.05, 0) is 36.8 Å². The van der Waals surface area contributed by atoms with E-state index in [9.17, 15) is 9.59 Å². The monoisotopic (exact) mass is 336 g/mol. The molecule has 0 aliphatic carbocycles. The largest absolute Gasteiger partial charge is 0.460 e. The summed E-state index contributed by atoms with van der Waals surface area (Å²) in [4.78, 5) is 29.2. The number of esters is 1. The third-order valence-electron chi connectivity index (χ3n) is 3.13. The first-order valence-corrected chi connectivity index (χ1v) is 7.70. The minimum atomic E-state index is -0.858. The van der Waals surface area contributed by atoms with Gasteiger partial charge in [0.05, 0.1) is 19.8 Å². The summed E-state index contributed by atoms with van der Waals surface area (Å²) in [6, 6.07) is 3.67. The van der Waals surface area contributed by atoms with E-state index in [0.29, 0.717) is 26.3 Å². The van der Waals surface area contributed by atoms with Crippen LogP contribution in [-0.2, 0) is 23.8 Å². The van der Waals surface area contributed by atoms with Gasteiger partial charge in [-0.2, -0.15) is 0 Å². The second-order valence-corrected chi connectivity index (χ2v) is 4.84. The second-order valence-electron chi connectivity index (χ2n) is 4.84. The Balaban J connectivity index is 2.71. The highest BCUT2D eigenvalue weighted by molar-refractivity contribution is 6.39. The van der Waals surface area contributed by atoms with Gasteiger partial charge in [0, 0.05) is 33.5 Å². The van der Waals surface area contributed by atoms with E-state index in [1.807, 2.05) is 17.0 Å². The van der Waals surface area contributed by atoms with Crippen molar-refractivity contribution in [3.63, 3.8) is 0 Å². The Hall–Kier alpha value is -2.25. The van der Waals surface area contributed by atoms with Crippen molar-refractivity contribution in [2.45, 2.75) is 6.92 Å². The minimum Gasteiger partial charge on any atom is -0.460 e. The topological polar surface area (TPSA) is 78.0 Å². The first kappa shape index (κ1) is 19.8. The van der Waals surface area contributed by atoms with Crippen molar-refractivity contribution in [3.8, 4) is 0 Å². The van der Waals surface area contributed by atoms with E-state index >= 15 is 0 Å². The highest BCUT2D eigenvalue weighted by atomic mass is 16.5. The highest BCUT2D eigenvalue weighted by Crippen LogP contribution is 2.12. The van der Waals surface area contributed by atoms with Crippen LogP contribution in [0.2, 0.25) is 0 Å². The van der Waals surface area contributed by atoms with Crippen molar-refractivity contribution < 1.29 is 23.8 Å². The summed E-state index contributed by atoms with van der Waals surface area (Å²) in [7, 11) is 3.30. The Morgan fingerprint density at radius 2 is 1.83 bits per heavy atom. The molecule has 1 rings (SSSR count). The lowest BCUT2D eigenvalue weighted by Crippen LogP contribution is -2.31. The third-order valence-corrected chi connectivity index (χ3v) is 3.13. The van der Waals surface area contributed by atoms with Crippen LogP contribution in [0.25, 0.3) is 6.08 Å². The van der Waals surface area contributed by atoms with Crippen LogP contribution >= 0.6 is 0 Å². The molecule has 1 heterocycles. The van der Waals surface area contributed by atoms with Gasteiger partial charge in [-0.3, -0.25) is 4.79 Å². The summed E-state index contributed by atoms with van der Waals surface area (Å²) < 4.78 is 14.8. The zero-order chi connectivity index (χ0) is 17.8. The van der Waals surface area contributed by atoms with E-state index in [0.717, 1.165) is 11.4 Å². The van der Waals surface area contributed by atoms with Crippen LogP contribution in [-0.4, -0.2) is 63.9 Å². The molecule has 1 aromatic rings. The van der Waals surface area contributed by atoms with Gasteiger partial charge in [-0.15, -0.1) is 0 Å². The van der Waals surface area contributed by atoms with Crippen molar-refractivity contribution in [2.75, 3.05) is 52.0 Å². The lowest BCUT2D eigenvalue weighted by molar-refractivity contribution is -0.151. The van der Waals surface area contributed by atoms with E-state index in [2.05, 4.69) is 9.72 Å². The Morgan fingerprint density at radius 3 is 2.33 bits per heavy atom. The fraction of sp³-hybridized carbons (Fsp3) is 0.471. The molecule has 0 radical (unpaired) electrons. The summed E-state index contributed by atoms with van der Waals surface area (Å²) in [6.07, 6.45) is 4.35. The smallest absolute Gasteiger partial charge is 0.379 e. The Morgan fingerprint density at radius 1 is 1.17 bits per heavy atom. The van der Waals surface area contributed by atoms with Gasteiger partial charge in [-0.25, -0.2) is 9.78 Å². The van der Waals surface area contributed by atoms with Crippen molar-refractivity contribution >= 4 is 23.6 Å². The first-order valence-electron chi connectivity index (χ1n) is 7.70. The number of hydrogen-bond donors (Lipinski definition) is 0. The number of ketones is 1. The van der Waals surface area contributed by atoms with Gasteiger partial charge in [0.1, 0.15) is 5.82 Å². The maximum Gasteiger partial charge on any atom is 0.379 e. The molecule has 7 heteroatoms. The molecule has 132 valence electrons. The van der Waals surface area contributed by atoms with Gasteiger partial charge in [0.25, 0.3) is 5.78 Å². The van der Waals surface area contributed by atoms with E-state index in [4.69, 9.17) is 9.47 Å². The average molecular weight is 336 g/mol. The standard InChI is InChI=1S/C17H24N2O5/c1-4-24-17(21)15(20)7-5-14-6-8-16(18-13-14)19(9-11-22-2)10-12-23-3/h5-8,13H,4,9-12H2,1-3H3. The molecule has 7 nitrogen and oxygen atoms in total. The molecule has 0 aliphatic rings. The normalized spacial score (nSPS) is 10.8. The van der Waals surface area contributed by atoms with E-state index in [1.54, 1.807) is 27.3 Å². The molecule has 1 aromatic heterocycles. The maximum absolute atomic E-state index is 11.5. The Kier molecular flexibility index (Phi) is 9.33. The summed E-state index contributed by atoms with van der Waals surface area (Å²) >= 11 is 0. The van der Waals surface area contributed by atoms with Crippen LogP contribution in [0.3, 0.4) is 0 Å². The molecule has 0 saturated heterocycles. The molecule has 0 bridgehead atoms. The minimum absolute atomic E-state index is 0.174. The molecule has 0 spiro atoms. The highest BCUT2D eigenvalue weighted by Gasteiger charge is 2.10. The lowest BCUT2D eigenvalue weighted by Gasteiger charge is -2.23. The van der Waals surface area contributed by atoms with Gasteiger partial charge in [0.2, 0.25) is 0 Å². The zero-order valence-corrected chi connectivity index (χ0v) is 14.4. The number of carbonyl (C=O) groups is 2. The number of methoxy groups -OCH3 is 2. The summed E-state index contributed by atoms with van der Waals surface area (Å²) in [5.74, 6) is -0.760. The van der Waals surface area contributed by atoms with E-state index < -0.39 is 11.8 Å². The summed E-state index contributed by atoms with van der Waals surface area (Å²) in [5.41, 5.74) is 0.717. The summed E-state index contributed by atoms with van der Waals surface area (Å²) in [6.45, 7) is 4.39. The predicted molar refractivity (Wildman–Crippen MR) is 90.9 cm³/mol. The molecule has 0 unspecified atom stereocenters. The number of pyridine rings is 1. The van der Waals surface area contributed by atoms with Gasteiger partial charge in [-0.1, -0.05) is 0 Å². The molecule has 0 N–H and O–H groups in total. The predicted octanol–water partition coefficient (Wildman–Crippen LogP) is 1.33. The maximum atomic E-state index is 11.5. The van der Waals surface area contributed by atoms with E-state index in [1.165, 1.54) is 12.2 Å². The number of ether oxygens (including phenoxy) is 3. The number of hydrogen-bond acceptors (Lipinski definition) is 7. The SMILES string of the molecule is CCOC(=O)C(=O)C=Cc1ccc(N(CCOC)CCOC)nc1. The van der Waals surface area contributed by atoms with Crippen LogP contribution in [0, 0.1) is 0 Å². The van der Waals surface area contributed by atoms with Crippen molar-refractivity contribution in [1.29, 1.82) is 0 Å². The van der Waals surface area contributed by atoms with Crippen LogP contribution in [0.1, 0.15) is 12.5 Å². The molecular weight excluding hydrogens is 312 g/mol. The lowest BCUT2D eigenvalue weighted by atomic mass is 10.2. The van der Waals surface area contributed by atoms with Gasteiger partial charge >= 0.3 is 5.97 Å². The molecule has 0 fully saturated rings. The van der Waals surface area contributed by atoms with Crippen molar-refractivity contribution in [2.24, 2.45) is 0 Å². The van der Waals surface area contributed by atoms with Crippen LogP contribution in [0.5, 0.6) is 0 Å². The fourth-order valence-electron chi connectivity index (χ4n) is 1.87. The van der Waals surface area contributed by atoms with E-state index in [-0.39, 0.29) is 6.61 Å². The zero-order valence-electron chi connectivity index (χ0n) is 14.4. The Bertz CT molecular complexity index is 534. The fourth-order valence-corrected chi connectivity index (χ4v) is 1.87. The molecule has 24 heavy (non-hydrogen) atoms. The number of carbonyl (C=O) groups excluding carboxylic acids is 2. The Labute approximate surface area is 142 Å². The van der Waals surface area contributed by atoms with Crippen LogP contribution in [0.15, 0.2) is 24.4 Å². The first-order chi connectivity index (χ1) is 11.6. The van der Waals surface area contributed by atoms with Gasteiger partial charge in [0.15, 0.2) is 0 Å². The van der Waals surface area contributed by atoms with Gasteiger partial charge < -0.3 is 19.1 Å². The number of nitrogens with zero attached hydrogens (tertiary/aromatic N) is 2. The number of anilines is 1. The quantitative estimate of drug-likeness (QED) is 0.343. The average Bonchev–Trinajstić information content (AvgIpc) is 2.60. The summed E-state index contributed by atoms with van der Waals surface area (Å²) in [5, 5.41) is 0.